The summed E-state index contributed by atoms with van der Waals surface area (Å²) < 4.78 is 5.87. The number of rotatable bonds is 3. The minimum atomic E-state index is -0.922. The number of nitriles is 1. The summed E-state index contributed by atoms with van der Waals surface area (Å²) in [6.07, 6.45) is 1.68. The molecule has 0 radical (unpaired) electrons. The highest BCUT2D eigenvalue weighted by Gasteiger charge is 2.23. The largest absolute Gasteiger partial charge is 0.478 e. The van der Waals surface area contributed by atoms with Crippen LogP contribution in [0.15, 0.2) is 46.4 Å². The monoisotopic (exact) mass is 360 g/mol. The zero-order chi connectivity index (χ0) is 19.8. The Balaban J connectivity index is 1.99. The number of aryl methyl sites for hydroxylation is 1. The Labute approximate surface area is 157 Å². The van der Waals surface area contributed by atoms with Gasteiger partial charge in [0.25, 0.3) is 0 Å². The molecule has 0 spiro atoms. The molecule has 5 heteroatoms. The molecule has 3 aromatic rings. The summed E-state index contributed by atoms with van der Waals surface area (Å²) in [5, 5.41) is 18.5. The molecule has 2 aromatic carbocycles. The van der Waals surface area contributed by atoms with E-state index in [0.29, 0.717) is 28.1 Å². The lowest BCUT2D eigenvalue weighted by Crippen LogP contribution is -2.17. The first-order valence-electron chi connectivity index (χ1n) is 8.56. The maximum atomic E-state index is 11.5. The van der Waals surface area contributed by atoms with Crippen LogP contribution in [-0.2, 0) is 4.79 Å². The number of carboxylic acid groups (broad SMARTS) is 1. The summed E-state index contributed by atoms with van der Waals surface area (Å²) in [5.41, 5.74) is 4.18. The molecule has 0 fully saturated rings. The van der Waals surface area contributed by atoms with Crippen molar-refractivity contribution in [1.82, 2.24) is 4.98 Å². The molecule has 1 heterocycles. The standard InChI is InChI=1S/C22H20N2O3/c1-13-9-15(12-23)11-18-19(13)27-20(24-18)16-7-5-14(6-8-16)10-17(21(25)26)22(2,3)4/h5-11H,1-4H3,(H,25,26)/b17-10-. The van der Waals surface area contributed by atoms with Gasteiger partial charge in [0.2, 0.25) is 5.89 Å². The molecule has 0 aliphatic rings. The maximum Gasteiger partial charge on any atom is 0.332 e. The summed E-state index contributed by atoms with van der Waals surface area (Å²) in [7, 11) is 0. The molecular formula is C22H20N2O3. The molecule has 0 atom stereocenters. The third kappa shape index (κ3) is 3.75. The van der Waals surface area contributed by atoms with Gasteiger partial charge in [-0.2, -0.15) is 5.26 Å². The van der Waals surface area contributed by atoms with Crippen LogP contribution in [0.3, 0.4) is 0 Å². The number of aliphatic carboxylic acids is 1. The van der Waals surface area contributed by atoms with Crippen molar-refractivity contribution in [2.75, 3.05) is 0 Å². The van der Waals surface area contributed by atoms with Gasteiger partial charge in [-0.15, -0.1) is 0 Å². The SMILES string of the molecule is Cc1cc(C#N)cc2nc(-c3ccc(/C=C(/C(=O)O)C(C)(C)C)cc3)oc12. The van der Waals surface area contributed by atoms with Gasteiger partial charge in [0.1, 0.15) is 5.52 Å². The molecular weight excluding hydrogens is 340 g/mol. The van der Waals surface area contributed by atoms with E-state index in [1.54, 1.807) is 18.2 Å². The predicted octanol–water partition coefficient (Wildman–Crippen LogP) is 5.19. The summed E-state index contributed by atoms with van der Waals surface area (Å²) in [6, 6.07) is 13.0. The summed E-state index contributed by atoms with van der Waals surface area (Å²) in [5.74, 6) is -0.456. The van der Waals surface area contributed by atoms with Crippen LogP contribution >= 0.6 is 0 Å². The molecule has 5 nitrogen and oxygen atoms in total. The zero-order valence-electron chi connectivity index (χ0n) is 15.7. The van der Waals surface area contributed by atoms with E-state index in [1.807, 2.05) is 52.0 Å². The molecule has 0 amide bonds. The molecule has 0 aliphatic heterocycles. The Morgan fingerprint density at radius 3 is 2.44 bits per heavy atom. The smallest absolute Gasteiger partial charge is 0.332 e. The van der Waals surface area contributed by atoms with E-state index in [4.69, 9.17) is 9.68 Å². The van der Waals surface area contributed by atoms with E-state index in [2.05, 4.69) is 11.1 Å². The Hall–Kier alpha value is -3.39. The van der Waals surface area contributed by atoms with Crippen LogP contribution in [0, 0.1) is 23.7 Å². The number of hydrogen-bond acceptors (Lipinski definition) is 4. The van der Waals surface area contributed by atoms with Gasteiger partial charge in [-0.1, -0.05) is 32.9 Å². The van der Waals surface area contributed by atoms with Gasteiger partial charge in [-0.05, 0) is 53.8 Å². The van der Waals surface area contributed by atoms with Crippen molar-refractivity contribution in [3.8, 4) is 17.5 Å². The normalized spacial score (nSPS) is 12.2. The van der Waals surface area contributed by atoms with Crippen LogP contribution in [0.2, 0.25) is 0 Å². The van der Waals surface area contributed by atoms with Crippen LogP contribution in [-0.4, -0.2) is 16.1 Å². The molecule has 0 bridgehead atoms. The molecule has 0 saturated heterocycles. The zero-order valence-corrected chi connectivity index (χ0v) is 15.7. The number of benzene rings is 2. The first-order chi connectivity index (χ1) is 12.7. The number of fused-ring (bicyclic) bond motifs is 1. The summed E-state index contributed by atoms with van der Waals surface area (Å²) in [6.45, 7) is 7.50. The third-order valence-electron chi connectivity index (χ3n) is 4.31. The van der Waals surface area contributed by atoms with Gasteiger partial charge in [0.15, 0.2) is 5.58 Å². The van der Waals surface area contributed by atoms with E-state index in [9.17, 15) is 9.90 Å². The van der Waals surface area contributed by atoms with E-state index in [1.165, 1.54) is 0 Å². The van der Waals surface area contributed by atoms with Crippen LogP contribution in [0.4, 0.5) is 0 Å². The number of hydrogen-bond donors (Lipinski definition) is 1. The minimum absolute atomic E-state index is 0.344. The fraction of sp³-hybridized carbons (Fsp3) is 0.227. The Morgan fingerprint density at radius 1 is 1.22 bits per heavy atom. The van der Waals surface area contributed by atoms with Gasteiger partial charge < -0.3 is 9.52 Å². The lowest BCUT2D eigenvalue weighted by Gasteiger charge is -2.19. The van der Waals surface area contributed by atoms with Crippen LogP contribution in [0.1, 0.15) is 37.5 Å². The first kappa shape index (κ1) is 18.4. The van der Waals surface area contributed by atoms with Crippen molar-refractivity contribution in [2.45, 2.75) is 27.7 Å². The average molecular weight is 360 g/mol. The second-order valence-electron chi connectivity index (χ2n) is 7.51. The van der Waals surface area contributed by atoms with Crippen molar-refractivity contribution >= 4 is 23.1 Å². The van der Waals surface area contributed by atoms with E-state index < -0.39 is 11.4 Å². The van der Waals surface area contributed by atoms with E-state index in [0.717, 1.165) is 16.7 Å². The van der Waals surface area contributed by atoms with Crippen LogP contribution < -0.4 is 0 Å². The molecule has 1 aromatic heterocycles. The minimum Gasteiger partial charge on any atom is -0.478 e. The van der Waals surface area contributed by atoms with E-state index >= 15 is 0 Å². The lowest BCUT2D eigenvalue weighted by atomic mass is 9.85. The lowest BCUT2D eigenvalue weighted by molar-refractivity contribution is -0.133. The van der Waals surface area contributed by atoms with Crippen molar-refractivity contribution < 1.29 is 14.3 Å². The summed E-state index contributed by atoms with van der Waals surface area (Å²) in [4.78, 5) is 16.0. The number of oxazole rings is 1. The van der Waals surface area contributed by atoms with Gasteiger partial charge >= 0.3 is 5.97 Å². The second-order valence-corrected chi connectivity index (χ2v) is 7.51. The molecule has 0 aliphatic carbocycles. The molecule has 136 valence electrons. The molecule has 0 saturated carbocycles. The Bertz CT molecular complexity index is 1090. The fourth-order valence-electron chi connectivity index (χ4n) is 2.88. The Morgan fingerprint density at radius 2 is 1.89 bits per heavy atom. The van der Waals surface area contributed by atoms with Gasteiger partial charge in [-0.25, -0.2) is 9.78 Å². The molecule has 3 rings (SSSR count). The third-order valence-corrected chi connectivity index (χ3v) is 4.31. The number of nitrogens with zero attached hydrogens (tertiary/aromatic N) is 2. The fourth-order valence-corrected chi connectivity index (χ4v) is 2.88. The van der Waals surface area contributed by atoms with Crippen LogP contribution in [0.5, 0.6) is 0 Å². The van der Waals surface area contributed by atoms with Crippen molar-refractivity contribution in [2.24, 2.45) is 5.41 Å². The number of carbonyl (C=O) groups is 1. The second kappa shape index (κ2) is 6.73. The van der Waals surface area contributed by atoms with Gasteiger partial charge in [0, 0.05) is 11.1 Å². The van der Waals surface area contributed by atoms with Crippen molar-refractivity contribution in [1.29, 1.82) is 5.26 Å². The van der Waals surface area contributed by atoms with Gasteiger partial charge in [0.05, 0.1) is 11.6 Å². The van der Waals surface area contributed by atoms with Crippen molar-refractivity contribution in [3.05, 3.63) is 58.7 Å². The maximum absolute atomic E-state index is 11.5. The predicted molar refractivity (Wildman–Crippen MR) is 104 cm³/mol. The highest BCUT2D eigenvalue weighted by atomic mass is 16.4. The molecule has 1 N–H and O–H groups in total. The van der Waals surface area contributed by atoms with Crippen LogP contribution in [0.25, 0.3) is 28.6 Å². The van der Waals surface area contributed by atoms with Gasteiger partial charge in [-0.3, -0.25) is 0 Å². The quantitative estimate of drug-likeness (QED) is 0.650. The highest BCUT2D eigenvalue weighted by Crippen LogP contribution is 2.30. The van der Waals surface area contributed by atoms with Crippen molar-refractivity contribution in [3.63, 3.8) is 0 Å². The topological polar surface area (TPSA) is 87.1 Å². The molecule has 27 heavy (non-hydrogen) atoms. The number of aromatic nitrogens is 1. The number of carboxylic acids is 1. The highest BCUT2D eigenvalue weighted by molar-refractivity contribution is 5.93. The molecule has 0 unspecified atom stereocenters. The first-order valence-corrected chi connectivity index (χ1v) is 8.56. The average Bonchev–Trinajstić information content (AvgIpc) is 3.03. The van der Waals surface area contributed by atoms with E-state index in [-0.39, 0.29) is 0 Å². The Kier molecular flexibility index (Phi) is 4.59. The summed E-state index contributed by atoms with van der Waals surface area (Å²) >= 11 is 0.